The van der Waals surface area contributed by atoms with Crippen molar-refractivity contribution < 1.29 is 4.42 Å². The molecule has 0 saturated heterocycles. The standard InChI is InChI=1S/C54H35NOS/c1-3-13-36(14-4-1)37-25-27-38(28-26-37)39-29-31-41(32-30-39)55(49-21-12-23-51-53(49)47-18-7-9-22-50(47)56-51)42-33-34-43(40-15-5-2-6-16-40)48(35-42)46-20-11-19-45-44-17-8-10-24-52(44)57-54(45)46/h1-35H. The Morgan fingerprint density at radius 1 is 0.351 bits per heavy atom. The van der Waals surface area contributed by atoms with Crippen LogP contribution in [0.5, 0.6) is 0 Å². The average Bonchev–Trinajstić information content (AvgIpc) is 3.87. The lowest BCUT2D eigenvalue weighted by Crippen LogP contribution is -2.10. The normalized spacial score (nSPS) is 11.5. The first-order chi connectivity index (χ1) is 28.3. The van der Waals surface area contributed by atoms with E-state index in [1.165, 1.54) is 64.7 Å². The van der Waals surface area contributed by atoms with Crippen molar-refractivity contribution in [2.24, 2.45) is 0 Å². The lowest BCUT2D eigenvalue weighted by atomic mass is 9.92. The van der Waals surface area contributed by atoms with E-state index >= 15 is 0 Å². The van der Waals surface area contributed by atoms with Crippen LogP contribution < -0.4 is 4.90 Å². The van der Waals surface area contributed by atoms with Crippen molar-refractivity contribution in [3.8, 4) is 44.5 Å². The molecule has 0 aliphatic rings. The van der Waals surface area contributed by atoms with Crippen LogP contribution in [0.25, 0.3) is 86.6 Å². The van der Waals surface area contributed by atoms with Crippen LogP contribution in [0.4, 0.5) is 17.1 Å². The SMILES string of the molecule is c1ccc(-c2ccc(-c3ccc(N(c4ccc(-c5ccccc5)c(-c5cccc6c5sc5ccccc56)c4)c4cccc5oc6ccccc6c45)cc3)cc2)cc1. The van der Waals surface area contributed by atoms with Crippen molar-refractivity contribution in [1.29, 1.82) is 0 Å². The largest absolute Gasteiger partial charge is 0.456 e. The fraction of sp³-hybridized carbons (Fsp3) is 0. The highest BCUT2D eigenvalue weighted by molar-refractivity contribution is 7.26. The summed E-state index contributed by atoms with van der Waals surface area (Å²) in [6, 6.07) is 76.4. The van der Waals surface area contributed by atoms with Gasteiger partial charge in [0.1, 0.15) is 11.2 Å². The van der Waals surface area contributed by atoms with Gasteiger partial charge in [-0.15, -0.1) is 11.3 Å². The van der Waals surface area contributed by atoms with Crippen LogP contribution in [0.15, 0.2) is 217 Å². The second kappa shape index (κ2) is 13.8. The Bertz CT molecular complexity index is 3210. The number of furan rings is 1. The van der Waals surface area contributed by atoms with E-state index in [4.69, 9.17) is 4.42 Å². The Labute approximate surface area is 335 Å². The number of hydrogen-bond acceptors (Lipinski definition) is 3. The molecule has 0 bridgehead atoms. The highest BCUT2D eigenvalue weighted by Crippen LogP contribution is 2.48. The van der Waals surface area contributed by atoms with E-state index in [1.807, 2.05) is 17.4 Å². The minimum atomic E-state index is 0.866. The smallest absolute Gasteiger partial charge is 0.137 e. The zero-order valence-corrected chi connectivity index (χ0v) is 31.8. The summed E-state index contributed by atoms with van der Waals surface area (Å²) in [7, 11) is 0. The van der Waals surface area contributed by atoms with Gasteiger partial charge >= 0.3 is 0 Å². The highest BCUT2D eigenvalue weighted by Gasteiger charge is 2.22. The average molecular weight is 746 g/mol. The molecule has 0 fully saturated rings. The third-order valence-corrected chi connectivity index (χ3v) is 12.3. The number of fused-ring (bicyclic) bond motifs is 6. The molecular weight excluding hydrogens is 711 g/mol. The number of nitrogens with zero attached hydrogens (tertiary/aromatic N) is 1. The van der Waals surface area contributed by atoms with Gasteiger partial charge in [-0.3, -0.25) is 0 Å². The van der Waals surface area contributed by atoms with Gasteiger partial charge in [0.05, 0.1) is 11.1 Å². The van der Waals surface area contributed by atoms with Crippen LogP contribution in [0.3, 0.4) is 0 Å². The van der Waals surface area contributed by atoms with Crippen molar-refractivity contribution in [3.63, 3.8) is 0 Å². The van der Waals surface area contributed by atoms with Crippen molar-refractivity contribution in [3.05, 3.63) is 212 Å². The molecule has 57 heavy (non-hydrogen) atoms. The Kier molecular flexibility index (Phi) is 8.04. The van der Waals surface area contributed by atoms with Crippen LogP contribution in [0.1, 0.15) is 0 Å². The van der Waals surface area contributed by atoms with Gasteiger partial charge in [0.15, 0.2) is 0 Å². The molecule has 0 saturated carbocycles. The zero-order chi connectivity index (χ0) is 37.7. The summed E-state index contributed by atoms with van der Waals surface area (Å²) in [5, 5.41) is 4.77. The fourth-order valence-electron chi connectivity index (χ4n) is 8.38. The van der Waals surface area contributed by atoms with Gasteiger partial charge in [-0.2, -0.15) is 0 Å². The van der Waals surface area contributed by atoms with Crippen molar-refractivity contribution in [2.45, 2.75) is 0 Å². The summed E-state index contributed by atoms with van der Waals surface area (Å²) < 4.78 is 9.05. The lowest BCUT2D eigenvalue weighted by Gasteiger charge is -2.28. The van der Waals surface area contributed by atoms with E-state index in [0.29, 0.717) is 0 Å². The van der Waals surface area contributed by atoms with E-state index in [9.17, 15) is 0 Å². The summed E-state index contributed by atoms with van der Waals surface area (Å²) in [4.78, 5) is 2.40. The van der Waals surface area contributed by atoms with E-state index < -0.39 is 0 Å². The van der Waals surface area contributed by atoms with Crippen LogP contribution >= 0.6 is 11.3 Å². The third kappa shape index (κ3) is 5.80. The Balaban J connectivity index is 1.11. The van der Waals surface area contributed by atoms with Gasteiger partial charge in [0.2, 0.25) is 0 Å². The molecule has 0 spiro atoms. The maximum Gasteiger partial charge on any atom is 0.137 e. The molecule has 11 aromatic rings. The Hall–Kier alpha value is -7.20. The van der Waals surface area contributed by atoms with Crippen LogP contribution in [0.2, 0.25) is 0 Å². The summed E-state index contributed by atoms with van der Waals surface area (Å²) in [6.07, 6.45) is 0. The minimum Gasteiger partial charge on any atom is -0.456 e. The van der Waals surface area contributed by atoms with Crippen molar-refractivity contribution in [2.75, 3.05) is 4.90 Å². The van der Waals surface area contributed by atoms with E-state index in [-0.39, 0.29) is 0 Å². The number of rotatable bonds is 7. The van der Waals surface area contributed by atoms with Crippen LogP contribution in [0, 0.1) is 0 Å². The first-order valence-corrected chi connectivity index (χ1v) is 20.1. The summed E-state index contributed by atoms with van der Waals surface area (Å²) in [5.74, 6) is 0. The molecule has 2 aromatic heterocycles. The second-order valence-corrected chi connectivity index (χ2v) is 15.5. The van der Waals surface area contributed by atoms with Gasteiger partial charge in [-0.1, -0.05) is 164 Å². The molecule has 0 unspecified atom stereocenters. The molecule has 0 atom stereocenters. The van der Waals surface area contributed by atoms with Gasteiger partial charge < -0.3 is 9.32 Å². The number of thiophene rings is 1. The zero-order valence-electron chi connectivity index (χ0n) is 31.0. The predicted molar refractivity (Wildman–Crippen MR) is 243 cm³/mol. The molecule has 9 aromatic carbocycles. The predicted octanol–water partition coefficient (Wildman–Crippen LogP) is 16.1. The van der Waals surface area contributed by atoms with Gasteiger partial charge in [-0.05, 0) is 87.5 Å². The molecule has 268 valence electrons. The molecule has 0 aliphatic carbocycles. The van der Waals surface area contributed by atoms with Gasteiger partial charge in [-0.25, -0.2) is 0 Å². The highest BCUT2D eigenvalue weighted by atomic mass is 32.1. The summed E-state index contributed by atoms with van der Waals surface area (Å²) in [6.45, 7) is 0. The molecule has 0 aliphatic heterocycles. The molecule has 3 heteroatoms. The minimum absolute atomic E-state index is 0.866. The number of benzene rings is 9. The number of hydrogen-bond donors (Lipinski definition) is 0. The number of para-hydroxylation sites is 1. The molecular formula is C54H35NOS. The molecule has 2 heterocycles. The maximum absolute atomic E-state index is 6.46. The van der Waals surface area contributed by atoms with Crippen LogP contribution in [-0.2, 0) is 0 Å². The third-order valence-electron chi connectivity index (χ3n) is 11.1. The lowest BCUT2D eigenvalue weighted by molar-refractivity contribution is 0.669. The molecule has 0 radical (unpaired) electrons. The second-order valence-electron chi connectivity index (χ2n) is 14.5. The molecule has 0 amide bonds. The molecule has 0 N–H and O–H groups in total. The Morgan fingerprint density at radius 3 is 1.67 bits per heavy atom. The van der Waals surface area contributed by atoms with Gasteiger partial charge in [0, 0.05) is 42.5 Å². The van der Waals surface area contributed by atoms with Crippen LogP contribution in [-0.4, -0.2) is 0 Å². The van der Waals surface area contributed by atoms with E-state index in [0.717, 1.165) is 39.0 Å². The summed E-state index contributed by atoms with van der Waals surface area (Å²) >= 11 is 1.87. The van der Waals surface area contributed by atoms with Crippen molar-refractivity contribution in [1.82, 2.24) is 0 Å². The monoisotopic (exact) mass is 745 g/mol. The molecule has 11 rings (SSSR count). The quantitative estimate of drug-likeness (QED) is 0.162. The maximum atomic E-state index is 6.46. The fourth-order valence-corrected chi connectivity index (χ4v) is 9.61. The van der Waals surface area contributed by atoms with E-state index in [2.05, 4.69) is 211 Å². The number of anilines is 3. The topological polar surface area (TPSA) is 16.4 Å². The van der Waals surface area contributed by atoms with Gasteiger partial charge in [0.25, 0.3) is 0 Å². The Morgan fingerprint density at radius 2 is 0.912 bits per heavy atom. The first-order valence-electron chi connectivity index (χ1n) is 19.3. The van der Waals surface area contributed by atoms with E-state index in [1.54, 1.807) is 0 Å². The first kappa shape index (κ1) is 33.2. The molecule has 2 nitrogen and oxygen atoms in total. The van der Waals surface area contributed by atoms with Crippen molar-refractivity contribution >= 4 is 70.5 Å². The summed E-state index contributed by atoms with van der Waals surface area (Å²) in [5.41, 5.74) is 14.5.